The molecule has 0 fully saturated rings. The van der Waals surface area contributed by atoms with Gasteiger partial charge in [-0.3, -0.25) is 0 Å². The van der Waals surface area contributed by atoms with Crippen LogP contribution in [0.25, 0.3) is 0 Å². The molecular weight excluding hydrogens is 268 g/mol. The van der Waals surface area contributed by atoms with Gasteiger partial charge in [-0.1, -0.05) is 0 Å². The molecule has 0 unspecified atom stereocenters. The molecule has 0 radical (unpaired) electrons. The van der Waals surface area contributed by atoms with E-state index in [0.29, 0.717) is 32.5 Å². The number of ether oxygens (including phenoxy) is 3. The smallest absolute Gasteiger partial charge is 0.119 e. The van der Waals surface area contributed by atoms with Gasteiger partial charge in [0.2, 0.25) is 0 Å². The Labute approximate surface area is 127 Å². The highest BCUT2D eigenvalue weighted by Crippen LogP contribution is 2.14. The second-order valence-electron chi connectivity index (χ2n) is 4.73. The van der Waals surface area contributed by atoms with Gasteiger partial charge in [0.1, 0.15) is 19.0 Å². The largest absolute Gasteiger partial charge is 0.497 e. The molecule has 0 atom stereocenters. The Hall–Kier alpha value is -1.88. The molecule has 0 heterocycles. The summed E-state index contributed by atoms with van der Waals surface area (Å²) in [6.07, 6.45) is 3.44. The van der Waals surface area contributed by atoms with E-state index in [1.165, 1.54) is 0 Å². The van der Waals surface area contributed by atoms with Crippen LogP contribution in [0.3, 0.4) is 0 Å². The Balaban J connectivity index is 1.95. The molecule has 0 aliphatic carbocycles. The monoisotopic (exact) mass is 294 g/mol. The molecule has 0 spiro atoms. The molecule has 0 aromatic heterocycles. The zero-order valence-electron chi connectivity index (χ0n) is 13.1. The zero-order valence-corrected chi connectivity index (χ0v) is 13.1. The van der Waals surface area contributed by atoms with Gasteiger partial charge in [-0.05, 0) is 38.1 Å². The molecule has 0 bridgehead atoms. The maximum Gasteiger partial charge on any atom is 0.119 e. The standard InChI is InChI=1S/C16H26N2O3/c1-14(2)18-8-9-19-10-11-20-12-13-21-16-6-4-15(17-3)5-7-16/h4-9,14,17-18H,10-13H2,1-3H3/b9-8+. The van der Waals surface area contributed by atoms with Crippen molar-refractivity contribution in [2.45, 2.75) is 19.9 Å². The predicted octanol–water partition coefficient (Wildman–Crippen LogP) is 2.61. The Morgan fingerprint density at radius 3 is 2.43 bits per heavy atom. The Morgan fingerprint density at radius 1 is 1.05 bits per heavy atom. The maximum absolute atomic E-state index is 5.56. The lowest BCUT2D eigenvalue weighted by Gasteiger charge is -2.08. The van der Waals surface area contributed by atoms with Crippen LogP contribution in [-0.2, 0) is 9.47 Å². The van der Waals surface area contributed by atoms with Gasteiger partial charge in [0.25, 0.3) is 0 Å². The lowest BCUT2D eigenvalue weighted by molar-refractivity contribution is 0.0650. The summed E-state index contributed by atoms with van der Waals surface area (Å²) in [6.45, 7) is 6.30. The maximum atomic E-state index is 5.56. The van der Waals surface area contributed by atoms with Crippen molar-refractivity contribution in [2.75, 3.05) is 38.8 Å². The third-order valence-corrected chi connectivity index (χ3v) is 2.58. The SMILES string of the molecule is CNc1ccc(OCCOCCO/C=C/NC(C)C)cc1. The van der Waals surface area contributed by atoms with Crippen LogP contribution in [-0.4, -0.2) is 39.5 Å². The summed E-state index contributed by atoms with van der Waals surface area (Å²) < 4.78 is 16.2. The molecule has 5 heteroatoms. The van der Waals surface area contributed by atoms with E-state index in [1.807, 2.05) is 31.3 Å². The Kier molecular flexibility index (Phi) is 8.88. The molecule has 0 saturated carbocycles. The summed E-state index contributed by atoms with van der Waals surface area (Å²) in [5.74, 6) is 0.844. The highest BCUT2D eigenvalue weighted by Gasteiger charge is 1.94. The molecule has 118 valence electrons. The second-order valence-corrected chi connectivity index (χ2v) is 4.73. The van der Waals surface area contributed by atoms with Crippen LogP contribution < -0.4 is 15.4 Å². The van der Waals surface area contributed by atoms with Crippen LogP contribution >= 0.6 is 0 Å². The van der Waals surface area contributed by atoms with Gasteiger partial charge < -0.3 is 24.8 Å². The topological polar surface area (TPSA) is 51.8 Å². The average Bonchev–Trinajstić information content (AvgIpc) is 2.49. The van der Waals surface area contributed by atoms with Gasteiger partial charge in [-0.25, -0.2) is 0 Å². The van der Waals surface area contributed by atoms with Crippen molar-refractivity contribution in [3.05, 3.63) is 36.7 Å². The van der Waals surface area contributed by atoms with E-state index in [9.17, 15) is 0 Å². The molecule has 5 nitrogen and oxygen atoms in total. The Bertz CT molecular complexity index is 391. The molecule has 0 amide bonds. The first-order valence-corrected chi connectivity index (χ1v) is 7.23. The van der Waals surface area contributed by atoms with Gasteiger partial charge in [0, 0.05) is 25.0 Å². The molecule has 0 aliphatic heterocycles. The van der Waals surface area contributed by atoms with Gasteiger partial charge in [0.05, 0.1) is 19.5 Å². The minimum atomic E-state index is 0.417. The van der Waals surface area contributed by atoms with E-state index in [1.54, 1.807) is 12.5 Å². The molecule has 2 N–H and O–H groups in total. The van der Waals surface area contributed by atoms with E-state index < -0.39 is 0 Å². The van der Waals surface area contributed by atoms with E-state index >= 15 is 0 Å². The summed E-state index contributed by atoms with van der Waals surface area (Å²) in [7, 11) is 1.89. The minimum absolute atomic E-state index is 0.417. The average molecular weight is 294 g/mol. The fourth-order valence-corrected chi connectivity index (χ4v) is 1.49. The first kappa shape index (κ1) is 17.2. The zero-order chi connectivity index (χ0) is 15.3. The van der Waals surface area contributed by atoms with Crippen LogP contribution in [0.5, 0.6) is 5.75 Å². The lowest BCUT2D eigenvalue weighted by Crippen LogP contribution is -2.15. The molecule has 0 aliphatic rings. The molecule has 1 aromatic carbocycles. The van der Waals surface area contributed by atoms with Crippen LogP contribution in [0.4, 0.5) is 5.69 Å². The van der Waals surface area contributed by atoms with Crippen LogP contribution in [0.2, 0.25) is 0 Å². The Morgan fingerprint density at radius 2 is 1.76 bits per heavy atom. The first-order valence-electron chi connectivity index (χ1n) is 7.23. The number of benzene rings is 1. The van der Waals surface area contributed by atoms with Gasteiger partial charge in [0.15, 0.2) is 0 Å². The van der Waals surface area contributed by atoms with Gasteiger partial charge in [-0.15, -0.1) is 0 Å². The first-order chi connectivity index (χ1) is 10.2. The quantitative estimate of drug-likeness (QED) is 0.485. The van der Waals surface area contributed by atoms with Crippen LogP contribution in [0.1, 0.15) is 13.8 Å². The molecular formula is C16H26N2O3. The number of anilines is 1. The molecule has 1 rings (SSSR count). The van der Waals surface area contributed by atoms with E-state index in [0.717, 1.165) is 11.4 Å². The van der Waals surface area contributed by atoms with Crippen molar-refractivity contribution in [1.29, 1.82) is 0 Å². The predicted molar refractivity (Wildman–Crippen MR) is 85.7 cm³/mol. The number of nitrogens with one attached hydrogen (secondary N) is 2. The number of hydrogen-bond acceptors (Lipinski definition) is 5. The summed E-state index contributed by atoms with van der Waals surface area (Å²) in [4.78, 5) is 0. The van der Waals surface area contributed by atoms with E-state index in [2.05, 4.69) is 24.5 Å². The minimum Gasteiger partial charge on any atom is -0.497 e. The van der Waals surface area contributed by atoms with Crippen LogP contribution in [0, 0.1) is 0 Å². The summed E-state index contributed by atoms with van der Waals surface area (Å²) in [5.41, 5.74) is 1.07. The highest BCUT2D eigenvalue weighted by molar-refractivity contribution is 5.45. The van der Waals surface area contributed by atoms with E-state index in [-0.39, 0.29) is 0 Å². The molecule has 21 heavy (non-hydrogen) atoms. The molecule has 0 saturated heterocycles. The van der Waals surface area contributed by atoms with Crippen molar-refractivity contribution >= 4 is 5.69 Å². The third kappa shape index (κ3) is 8.81. The third-order valence-electron chi connectivity index (χ3n) is 2.58. The highest BCUT2D eigenvalue weighted by atomic mass is 16.5. The summed E-state index contributed by atoms with van der Waals surface area (Å²) in [6, 6.07) is 8.23. The van der Waals surface area contributed by atoms with E-state index in [4.69, 9.17) is 14.2 Å². The van der Waals surface area contributed by atoms with Crippen molar-refractivity contribution < 1.29 is 14.2 Å². The van der Waals surface area contributed by atoms with Gasteiger partial charge in [-0.2, -0.15) is 0 Å². The summed E-state index contributed by atoms with van der Waals surface area (Å²) in [5, 5.41) is 6.17. The fraction of sp³-hybridized carbons (Fsp3) is 0.500. The number of rotatable bonds is 11. The fourth-order valence-electron chi connectivity index (χ4n) is 1.49. The van der Waals surface area contributed by atoms with Gasteiger partial charge >= 0.3 is 0 Å². The van der Waals surface area contributed by atoms with Crippen molar-refractivity contribution in [3.8, 4) is 5.75 Å². The molecule has 1 aromatic rings. The van der Waals surface area contributed by atoms with Crippen molar-refractivity contribution in [3.63, 3.8) is 0 Å². The van der Waals surface area contributed by atoms with Crippen molar-refractivity contribution in [2.24, 2.45) is 0 Å². The second kappa shape index (κ2) is 10.9. The number of hydrogen-bond donors (Lipinski definition) is 2. The van der Waals surface area contributed by atoms with Crippen LogP contribution in [0.15, 0.2) is 36.7 Å². The summed E-state index contributed by atoms with van der Waals surface area (Å²) >= 11 is 0. The van der Waals surface area contributed by atoms with Crippen molar-refractivity contribution in [1.82, 2.24) is 5.32 Å². The lowest BCUT2D eigenvalue weighted by atomic mass is 10.3. The normalized spacial score (nSPS) is 10.9.